The van der Waals surface area contributed by atoms with E-state index in [1.165, 1.54) is 6.21 Å². The number of nitrogens with zero attached hydrogens (tertiary/aromatic N) is 4. The minimum atomic E-state index is -0.737. The lowest BCUT2D eigenvalue weighted by Crippen LogP contribution is -2.15. The first-order chi connectivity index (χ1) is 14.5. The predicted molar refractivity (Wildman–Crippen MR) is 112 cm³/mol. The lowest BCUT2D eigenvalue weighted by molar-refractivity contribution is 0.0512. The monoisotopic (exact) mass is 446 g/mol. The van der Waals surface area contributed by atoms with Crippen LogP contribution in [-0.4, -0.2) is 46.3 Å². The van der Waals surface area contributed by atoms with Crippen LogP contribution in [0.25, 0.3) is 0 Å². The molecular weight excluding hydrogens is 431 g/mol. The van der Waals surface area contributed by atoms with Gasteiger partial charge in [-0.2, -0.15) is 5.10 Å². The number of carbonyl (C=O) groups is 2. The van der Waals surface area contributed by atoms with E-state index < -0.39 is 5.97 Å². The molecule has 0 N–H and O–H groups in total. The summed E-state index contributed by atoms with van der Waals surface area (Å²) in [5, 5.41) is 12.8. The average Bonchev–Trinajstić information content (AvgIpc) is 3.15. The van der Waals surface area contributed by atoms with Crippen LogP contribution in [0.4, 0.5) is 0 Å². The standard InChI is InChI=1S/C20H16Cl2N4O4/c1-2-29-20(28)18-19(30-12-17(27)14-5-9-16(22)10-6-14)26(25-24-18)23-11-13-3-7-15(21)8-4-13/h3-11H,2,12H2,1H3. The van der Waals surface area contributed by atoms with Gasteiger partial charge in [0, 0.05) is 15.6 Å². The maximum absolute atomic E-state index is 12.4. The molecule has 0 saturated heterocycles. The summed E-state index contributed by atoms with van der Waals surface area (Å²) in [6.07, 6.45) is 1.48. The van der Waals surface area contributed by atoms with Gasteiger partial charge in [0.1, 0.15) is 0 Å². The van der Waals surface area contributed by atoms with Gasteiger partial charge in [-0.25, -0.2) is 4.79 Å². The summed E-state index contributed by atoms with van der Waals surface area (Å²) in [6, 6.07) is 13.3. The molecule has 0 spiro atoms. The van der Waals surface area contributed by atoms with Gasteiger partial charge in [0.15, 0.2) is 12.4 Å². The maximum Gasteiger partial charge on any atom is 0.364 e. The number of aromatic nitrogens is 3. The zero-order valence-corrected chi connectivity index (χ0v) is 17.3. The van der Waals surface area contributed by atoms with Gasteiger partial charge in [-0.3, -0.25) is 4.79 Å². The molecule has 1 aromatic heterocycles. The van der Waals surface area contributed by atoms with E-state index in [9.17, 15) is 9.59 Å². The van der Waals surface area contributed by atoms with E-state index in [1.54, 1.807) is 55.5 Å². The molecule has 0 aliphatic heterocycles. The van der Waals surface area contributed by atoms with Crippen LogP contribution in [0, 0.1) is 0 Å². The van der Waals surface area contributed by atoms with Gasteiger partial charge in [-0.05, 0) is 54.1 Å². The zero-order valence-electron chi connectivity index (χ0n) is 15.8. The van der Waals surface area contributed by atoms with Crippen molar-refractivity contribution < 1.29 is 19.1 Å². The predicted octanol–water partition coefficient (Wildman–Crippen LogP) is 3.91. The van der Waals surface area contributed by atoms with Crippen LogP contribution in [-0.2, 0) is 4.74 Å². The molecule has 0 unspecified atom stereocenters. The number of hydrogen-bond acceptors (Lipinski definition) is 7. The number of Topliss-reactive ketones (excluding diaryl/α,β-unsaturated/α-hetero) is 1. The number of carbonyl (C=O) groups excluding carboxylic acids is 2. The Balaban J connectivity index is 1.82. The second kappa shape index (κ2) is 10.00. The Labute approximate surface area is 182 Å². The van der Waals surface area contributed by atoms with Crippen LogP contribution in [0.15, 0.2) is 53.6 Å². The molecule has 1 heterocycles. The highest BCUT2D eigenvalue weighted by molar-refractivity contribution is 6.31. The molecule has 0 aliphatic carbocycles. The molecule has 0 aliphatic rings. The fraction of sp³-hybridized carbons (Fsp3) is 0.150. The number of ketones is 1. The van der Waals surface area contributed by atoms with Crippen LogP contribution < -0.4 is 4.74 Å². The third kappa shape index (κ3) is 5.43. The summed E-state index contributed by atoms with van der Waals surface area (Å²) in [6.45, 7) is 1.44. The van der Waals surface area contributed by atoms with Gasteiger partial charge in [0.05, 0.1) is 12.8 Å². The Morgan fingerprint density at radius 2 is 1.70 bits per heavy atom. The molecule has 0 bridgehead atoms. The molecular formula is C20H16Cl2N4O4. The Kier molecular flexibility index (Phi) is 7.16. The van der Waals surface area contributed by atoms with Crippen LogP contribution in [0.2, 0.25) is 10.0 Å². The summed E-state index contributed by atoms with van der Waals surface area (Å²) >= 11 is 11.7. The van der Waals surface area contributed by atoms with Crippen LogP contribution in [0.1, 0.15) is 33.3 Å². The molecule has 0 radical (unpaired) electrons. The topological polar surface area (TPSA) is 95.7 Å². The number of esters is 1. The molecule has 3 aromatic rings. The average molecular weight is 447 g/mol. The van der Waals surface area contributed by atoms with Gasteiger partial charge >= 0.3 is 5.97 Å². The van der Waals surface area contributed by atoms with Crippen molar-refractivity contribution in [3.05, 3.63) is 75.4 Å². The van der Waals surface area contributed by atoms with Gasteiger partial charge in [-0.1, -0.05) is 40.1 Å². The van der Waals surface area contributed by atoms with E-state index in [0.717, 1.165) is 10.4 Å². The third-order valence-corrected chi connectivity index (χ3v) is 4.28. The molecule has 30 heavy (non-hydrogen) atoms. The van der Waals surface area contributed by atoms with Crippen molar-refractivity contribution in [1.29, 1.82) is 0 Å². The number of rotatable bonds is 8. The fourth-order valence-corrected chi connectivity index (χ4v) is 2.57. The summed E-state index contributed by atoms with van der Waals surface area (Å²) < 4.78 is 10.5. The highest BCUT2D eigenvalue weighted by Crippen LogP contribution is 2.18. The van der Waals surface area contributed by atoms with Crippen molar-refractivity contribution in [2.24, 2.45) is 5.10 Å². The Bertz CT molecular complexity index is 1060. The van der Waals surface area contributed by atoms with E-state index in [4.69, 9.17) is 32.7 Å². The highest BCUT2D eigenvalue weighted by atomic mass is 35.5. The molecule has 0 fully saturated rings. The van der Waals surface area contributed by atoms with Crippen LogP contribution in [0.5, 0.6) is 5.88 Å². The first kappa shape index (κ1) is 21.5. The van der Waals surface area contributed by atoms with Gasteiger partial charge in [-0.15, -0.1) is 5.10 Å². The van der Waals surface area contributed by atoms with Crippen LogP contribution >= 0.6 is 23.2 Å². The van der Waals surface area contributed by atoms with E-state index in [2.05, 4.69) is 15.4 Å². The van der Waals surface area contributed by atoms with Crippen molar-refractivity contribution in [1.82, 2.24) is 15.1 Å². The third-order valence-electron chi connectivity index (χ3n) is 3.77. The second-order valence-electron chi connectivity index (χ2n) is 5.87. The summed E-state index contributed by atoms with van der Waals surface area (Å²) in [4.78, 5) is 25.6. The minimum absolute atomic E-state index is 0.110. The summed E-state index contributed by atoms with van der Waals surface area (Å²) in [5.74, 6) is -1.17. The Morgan fingerprint density at radius 3 is 2.33 bits per heavy atom. The number of benzene rings is 2. The molecule has 10 heteroatoms. The molecule has 0 atom stereocenters. The molecule has 0 amide bonds. The zero-order chi connectivity index (χ0) is 21.5. The summed E-state index contributed by atoms with van der Waals surface area (Å²) in [5.41, 5.74) is 0.950. The highest BCUT2D eigenvalue weighted by Gasteiger charge is 2.23. The van der Waals surface area contributed by atoms with Gasteiger partial charge in [0.25, 0.3) is 5.88 Å². The lowest BCUT2D eigenvalue weighted by atomic mass is 10.1. The number of ether oxygens (including phenoxy) is 2. The molecule has 0 saturated carbocycles. The number of halogens is 2. The second-order valence-corrected chi connectivity index (χ2v) is 6.74. The molecule has 8 nitrogen and oxygen atoms in total. The van der Waals surface area contributed by atoms with Crippen molar-refractivity contribution in [3.8, 4) is 5.88 Å². The maximum atomic E-state index is 12.4. The van der Waals surface area contributed by atoms with Crippen molar-refractivity contribution in [2.75, 3.05) is 13.2 Å². The molecule has 3 rings (SSSR count). The van der Waals surface area contributed by atoms with E-state index in [0.29, 0.717) is 15.6 Å². The first-order valence-electron chi connectivity index (χ1n) is 8.82. The molecule has 2 aromatic carbocycles. The Hall–Kier alpha value is -3.23. The van der Waals surface area contributed by atoms with Crippen molar-refractivity contribution >= 4 is 41.2 Å². The summed E-state index contributed by atoms with van der Waals surface area (Å²) in [7, 11) is 0. The van der Waals surface area contributed by atoms with E-state index in [1.807, 2.05) is 0 Å². The number of hydrogen-bond donors (Lipinski definition) is 0. The van der Waals surface area contributed by atoms with E-state index >= 15 is 0 Å². The smallest absolute Gasteiger partial charge is 0.364 e. The largest absolute Gasteiger partial charge is 0.466 e. The van der Waals surface area contributed by atoms with E-state index in [-0.39, 0.29) is 30.6 Å². The Morgan fingerprint density at radius 1 is 1.07 bits per heavy atom. The van der Waals surface area contributed by atoms with Crippen molar-refractivity contribution in [3.63, 3.8) is 0 Å². The first-order valence-corrected chi connectivity index (χ1v) is 9.58. The minimum Gasteiger partial charge on any atom is -0.466 e. The normalized spacial score (nSPS) is 10.9. The quantitative estimate of drug-likeness (QED) is 0.295. The lowest BCUT2D eigenvalue weighted by Gasteiger charge is -2.07. The van der Waals surface area contributed by atoms with Gasteiger partial charge in [0.2, 0.25) is 5.69 Å². The SMILES string of the molecule is CCOC(=O)c1nnn(N=Cc2ccc(Cl)cc2)c1OCC(=O)c1ccc(Cl)cc1. The molecule has 154 valence electrons. The van der Waals surface area contributed by atoms with Gasteiger partial charge < -0.3 is 9.47 Å². The fourth-order valence-electron chi connectivity index (χ4n) is 2.32. The van der Waals surface area contributed by atoms with Crippen LogP contribution in [0.3, 0.4) is 0 Å². The van der Waals surface area contributed by atoms with Crippen molar-refractivity contribution in [2.45, 2.75) is 6.92 Å².